The van der Waals surface area contributed by atoms with Crippen LogP contribution in [0.2, 0.25) is 0 Å². The van der Waals surface area contributed by atoms with E-state index < -0.39 is 15.4 Å². The van der Waals surface area contributed by atoms with E-state index in [0.717, 1.165) is 36.1 Å². The Morgan fingerprint density at radius 2 is 1.92 bits per heavy atom. The minimum atomic E-state index is -3.70. The van der Waals surface area contributed by atoms with Crippen LogP contribution in [0.25, 0.3) is 0 Å². The summed E-state index contributed by atoms with van der Waals surface area (Å²) in [7, 11) is -1.98. The first kappa shape index (κ1) is 18.4. The zero-order chi connectivity index (χ0) is 18.6. The van der Waals surface area contributed by atoms with Crippen LogP contribution < -0.4 is 9.62 Å². The van der Waals surface area contributed by atoms with Crippen LogP contribution in [0.1, 0.15) is 44.2 Å². The van der Waals surface area contributed by atoms with Gasteiger partial charge in [0.1, 0.15) is 0 Å². The van der Waals surface area contributed by atoms with Gasteiger partial charge >= 0.3 is 0 Å². The largest absolute Gasteiger partial charge is 0.396 e. The second-order valence-corrected chi connectivity index (χ2v) is 9.73. The predicted molar refractivity (Wildman–Crippen MR) is 96.2 cm³/mol. The van der Waals surface area contributed by atoms with Crippen molar-refractivity contribution in [2.45, 2.75) is 50.3 Å². The summed E-state index contributed by atoms with van der Waals surface area (Å²) < 4.78 is 28.2. The molecule has 1 aromatic carbocycles. The van der Waals surface area contributed by atoms with Crippen molar-refractivity contribution in [3.05, 3.63) is 23.3 Å². The second-order valence-electron chi connectivity index (χ2n) is 7.96. The van der Waals surface area contributed by atoms with Crippen LogP contribution in [0.5, 0.6) is 0 Å². The van der Waals surface area contributed by atoms with E-state index in [2.05, 4.69) is 4.72 Å². The summed E-state index contributed by atoms with van der Waals surface area (Å²) in [6.45, 7) is 5.69. The molecule has 1 saturated carbocycles. The topological polar surface area (TPSA) is 86.7 Å². The average Bonchev–Trinajstić information content (AvgIpc) is 2.68. The van der Waals surface area contributed by atoms with E-state index >= 15 is 0 Å². The number of carbonyl (C=O) groups is 1. The zero-order valence-electron chi connectivity index (χ0n) is 15.2. The van der Waals surface area contributed by atoms with E-state index in [-0.39, 0.29) is 29.4 Å². The molecule has 0 bridgehead atoms. The fourth-order valence-electron chi connectivity index (χ4n) is 3.86. The van der Waals surface area contributed by atoms with Gasteiger partial charge < -0.3 is 10.0 Å². The molecule has 25 heavy (non-hydrogen) atoms. The SMILES string of the molecule is Cc1cc(S(=O)(=O)NCC2(CO)CCC2)cc2c1N(C)C(=O)C2(C)C. The van der Waals surface area contributed by atoms with Crippen LogP contribution >= 0.6 is 0 Å². The highest BCUT2D eigenvalue weighted by Gasteiger charge is 2.44. The second kappa shape index (κ2) is 5.79. The number of sulfonamides is 1. The average molecular weight is 366 g/mol. The number of hydrogen-bond acceptors (Lipinski definition) is 4. The summed E-state index contributed by atoms with van der Waals surface area (Å²) in [6.07, 6.45) is 2.69. The molecule has 1 aromatic rings. The maximum absolute atomic E-state index is 12.8. The Hall–Kier alpha value is -1.44. The standard InChI is InChI=1S/C18H26N2O4S/c1-12-8-13(9-14-15(12)20(4)16(22)17(14,2)3)25(23,24)19-10-18(11-21)6-5-7-18/h8-9,19,21H,5-7,10-11H2,1-4H3. The molecule has 2 aliphatic rings. The normalized spacial score (nSPS) is 21.2. The molecule has 1 heterocycles. The monoisotopic (exact) mass is 366 g/mol. The third kappa shape index (κ3) is 2.78. The van der Waals surface area contributed by atoms with E-state index in [1.807, 2.05) is 20.8 Å². The summed E-state index contributed by atoms with van der Waals surface area (Å²) in [5.74, 6) is -0.0400. The molecule has 0 unspecified atom stereocenters. The molecule has 0 aromatic heterocycles. The number of amides is 1. The zero-order valence-corrected chi connectivity index (χ0v) is 16.0. The molecule has 7 heteroatoms. The molecule has 2 N–H and O–H groups in total. The summed E-state index contributed by atoms with van der Waals surface area (Å²) in [6, 6.07) is 3.22. The maximum Gasteiger partial charge on any atom is 0.240 e. The van der Waals surface area contributed by atoms with Gasteiger partial charge in [0.05, 0.1) is 16.0 Å². The van der Waals surface area contributed by atoms with Crippen LogP contribution in [0.3, 0.4) is 0 Å². The van der Waals surface area contributed by atoms with Crippen molar-refractivity contribution in [1.29, 1.82) is 0 Å². The van der Waals surface area contributed by atoms with Crippen molar-refractivity contribution in [2.24, 2.45) is 5.41 Å². The number of anilines is 1. The highest BCUT2D eigenvalue weighted by molar-refractivity contribution is 7.89. The van der Waals surface area contributed by atoms with Crippen molar-refractivity contribution in [3.8, 4) is 0 Å². The van der Waals surface area contributed by atoms with Gasteiger partial charge in [-0.05, 0) is 56.9 Å². The lowest BCUT2D eigenvalue weighted by molar-refractivity contribution is -0.121. The molecule has 1 aliphatic carbocycles. The molecular weight excluding hydrogens is 340 g/mol. The van der Waals surface area contributed by atoms with Crippen LogP contribution in [-0.4, -0.2) is 39.6 Å². The lowest BCUT2D eigenvalue weighted by atomic mass is 9.69. The van der Waals surface area contributed by atoms with E-state index in [4.69, 9.17) is 0 Å². The van der Waals surface area contributed by atoms with E-state index in [0.29, 0.717) is 0 Å². The molecule has 6 nitrogen and oxygen atoms in total. The quantitative estimate of drug-likeness (QED) is 0.830. The molecule has 0 radical (unpaired) electrons. The predicted octanol–water partition coefficient (Wildman–Crippen LogP) is 1.69. The van der Waals surface area contributed by atoms with Gasteiger partial charge in [0.15, 0.2) is 0 Å². The number of aliphatic hydroxyl groups is 1. The number of carbonyl (C=O) groups excluding carboxylic acids is 1. The number of fused-ring (bicyclic) bond motifs is 1. The Bertz CT molecular complexity index is 820. The number of benzene rings is 1. The molecule has 0 atom stereocenters. The third-order valence-corrected chi connectivity index (χ3v) is 7.20. The number of hydrogen-bond donors (Lipinski definition) is 2. The third-order valence-electron chi connectivity index (χ3n) is 5.82. The van der Waals surface area contributed by atoms with Gasteiger partial charge in [0.2, 0.25) is 15.9 Å². The molecule has 3 rings (SSSR count). The number of aryl methyl sites for hydroxylation is 1. The first-order valence-electron chi connectivity index (χ1n) is 8.58. The number of nitrogens with zero attached hydrogens (tertiary/aromatic N) is 1. The maximum atomic E-state index is 12.8. The van der Waals surface area contributed by atoms with Gasteiger partial charge in [-0.1, -0.05) is 6.42 Å². The number of aliphatic hydroxyl groups excluding tert-OH is 1. The van der Waals surface area contributed by atoms with Gasteiger partial charge in [-0.3, -0.25) is 4.79 Å². The van der Waals surface area contributed by atoms with Crippen molar-refractivity contribution < 1.29 is 18.3 Å². The molecule has 1 amide bonds. The van der Waals surface area contributed by atoms with Crippen molar-refractivity contribution in [1.82, 2.24) is 4.72 Å². The minimum Gasteiger partial charge on any atom is -0.396 e. The number of nitrogens with one attached hydrogen (secondary N) is 1. The summed E-state index contributed by atoms with van der Waals surface area (Å²) in [5, 5.41) is 9.52. The molecule has 0 saturated heterocycles. The summed E-state index contributed by atoms with van der Waals surface area (Å²) >= 11 is 0. The van der Waals surface area contributed by atoms with Crippen LogP contribution in [-0.2, 0) is 20.2 Å². The highest BCUT2D eigenvalue weighted by atomic mass is 32.2. The fraction of sp³-hybridized carbons (Fsp3) is 0.611. The lowest BCUT2D eigenvalue weighted by Gasteiger charge is -2.40. The highest BCUT2D eigenvalue weighted by Crippen LogP contribution is 2.44. The van der Waals surface area contributed by atoms with Gasteiger partial charge in [-0.2, -0.15) is 0 Å². The lowest BCUT2D eigenvalue weighted by Crippen LogP contribution is -2.44. The Labute approximate surface area is 149 Å². The van der Waals surface area contributed by atoms with Gasteiger partial charge in [-0.25, -0.2) is 13.1 Å². The smallest absolute Gasteiger partial charge is 0.240 e. The van der Waals surface area contributed by atoms with Gasteiger partial charge in [0.25, 0.3) is 0 Å². The van der Waals surface area contributed by atoms with E-state index in [1.54, 1.807) is 24.1 Å². The summed E-state index contributed by atoms with van der Waals surface area (Å²) in [5.41, 5.74) is 1.22. The van der Waals surface area contributed by atoms with Crippen molar-refractivity contribution in [3.63, 3.8) is 0 Å². The van der Waals surface area contributed by atoms with Crippen LogP contribution in [0, 0.1) is 12.3 Å². The van der Waals surface area contributed by atoms with Crippen LogP contribution in [0.4, 0.5) is 5.69 Å². The molecule has 1 aliphatic heterocycles. The van der Waals surface area contributed by atoms with Gasteiger partial charge in [-0.15, -0.1) is 0 Å². The molecule has 138 valence electrons. The van der Waals surface area contributed by atoms with Gasteiger partial charge in [0, 0.05) is 25.6 Å². The first-order valence-corrected chi connectivity index (χ1v) is 10.1. The summed E-state index contributed by atoms with van der Waals surface area (Å²) in [4.78, 5) is 14.2. The molecule has 1 fully saturated rings. The Balaban J connectivity index is 1.95. The fourth-order valence-corrected chi connectivity index (χ4v) is 5.13. The van der Waals surface area contributed by atoms with Crippen LogP contribution in [0.15, 0.2) is 17.0 Å². The van der Waals surface area contributed by atoms with E-state index in [1.165, 1.54) is 0 Å². The Kier molecular flexibility index (Phi) is 4.25. The van der Waals surface area contributed by atoms with Crippen molar-refractivity contribution >= 4 is 21.6 Å². The number of likely N-dealkylation sites (N-methyl/N-ethyl adjacent to an activating group) is 1. The Morgan fingerprint density at radius 3 is 2.44 bits per heavy atom. The van der Waals surface area contributed by atoms with E-state index in [9.17, 15) is 18.3 Å². The minimum absolute atomic E-state index is 0.00887. The van der Waals surface area contributed by atoms with Crippen molar-refractivity contribution in [2.75, 3.05) is 25.1 Å². The molecule has 0 spiro atoms. The molecular formula is C18H26N2O4S. The Morgan fingerprint density at radius 1 is 1.28 bits per heavy atom. The first-order chi connectivity index (χ1) is 11.5. The number of rotatable bonds is 5.